The van der Waals surface area contributed by atoms with Crippen molar-refractivity contribution in [2.45, 2.75) is 6.42 Å². The molecule has 0 bridgehead atoms. The average Bonchev–Trinajstić information content (AvgIpc) is 2.59. The zero-order valence-corrected chi connectivity index (χ0v) is 13.2. The van der Waals surface area contributed by atoms with Gasteiger partial charge in [0.05, 0.1) is 7.11 Å². The number of hydrogen-bond acceptors (Lipinski definition) is 4. The zero-order valence-electron chi connectivity index (χ0n) is 12.5. The van der Waals surface area contributed by atoms with Gasteiger partial charge in [-0.2, -0.15) is 5.10 Å². The van der Waals surface area contributed by atoms with Crippen LogP contribution >= 0.6 is 11.6 Å². The van der Waals surface area contributed by atoms with Crippen molar-refractivity contribution in [1.82, 2.24) is 5.43 Å². The lowest BCUT2D eigenvalue weighted by Crippen LogP contribution is -2.17. The number of methoxy groups -OCH3 is 1. The topological polar surface area (TPSA) is 67.8 Å². The van der Waals surface area contributed by atoms with E-state index in [1.165, 1.54) is 6.21 Å². The maximum absolute atomic E-state index is 11.9. The molecule has 0 unspecified atom stereocenters. The van der Waals surface area contributed by atoms with Crippen molar-refractivity contribution in [1.29, 1.82) is 0 Å². The summed E-state index contributed by atoms with van der Waals surface area (Å²) in [6, 6.07) is 13.2. The molecule has 2 aromatic carbocycles. The van der Waals surface area contributed by atoms with Gasteiger partial charge in [-0.25, -0.2) is 5.43 Å². The minimum atomic E-state index is -0.366. The molecule has 0 atom stereocenters. The molecule has 0 aliphatic rings. The van der Waals surface area contributed by atoms with Gasteiger partial charge in [0.1, 0.15) is 5.75 Å². The molecule has 1 N–H and O–H groups in total. The smallest absolute Gasteiger partial charge is 0.271 e. The second kappa shape index (κ2) is 8.10. The van der Waals surface area contributed by atoms with Crippen molar-refractivity contribution < 1.29 is 14.3 Å². The van der Waals surface area contributed by atoms with Crippen molar-refractivity contribution in [3.05, 3.63) is 64.7 Å². The lowest BCUT2D eigenvalue weighted by atomic mass is 10.1. The largest absolute Gasteiger partial charge is 0.497 e. The molecule has 0 aliphatic heterocycles. The van der Waals surface area contributed by atoms with Crippen LogP contribution in [0.15, 0.2) is 53.6 Å². The van der Waals surface area contributed by atoms with Crippen LogP contribution in [0.5, 0.6) is 5.75 Å². The molecule has 0 heterocycles. The zero-order chi connectivity index (χ0) is 16.7. The SMILES string of the molecule is COc1ccc(C(=O)C/C=N/NC(=O)c2ccc(Cl)cc2)cc1. The molecular weight excluding hydrogens is 316 g/mol. The molecule has 118 valence electrons. The highest BCUT2D eigenvalue weighted by Crippen LogP contribution is 2.12. The number of nitrogens with one attached hydrogen (secondary N) is 1. The first-order valence-electron chi connectivity index (χ1n) is 6.85. The maximum atomic E-state index is 11.9. The van der Waals surface area contributed by atoms with Crippen LogP contribution in [-0.4, -0.2) is 25.0 Å². The van der Waals surface area contributed by atoms with E-state index in [2.05, 4.69) is 10.5 Å². The van der Waals surface area contributed by atoms with Crippen LogP contribution < -0.4 is 10.2 Å². The predicted molar refractivity (Wildman–Crippen MR) is 89.4 cm³/mol. The van der Waals surface area contributed by atoms with E-state index in [0.717, 1.165) is 0 Å². The standard InChI is InChI=1S/C17H15ClN2O3/c1-23-15-8-4-12(5-9-15)16(21)10-11-19-20-17(22)13-2-6-14(18)7-3-13/h2-9,11H,10H2,1H3,(H,20,22)/b19-11+. The number of hydrogen-bond donors (Lipinski definition) is 1. The lowest BCUT2D eigenvalue weighted by Gasteiger charge is -2.01. The van der Waals surface area contributed by atoms with Gasteiger partial charge in [-0.1, -0.05) is 11.6 Å². The second-order valence-corrected chi connectivity index (χ2v) is 5.05. The summed E-state index contributed by atoms with van der Waals surface area (Å²) in [5.74, 6) is 0.220. The van der Waals surface area contributed by atoms with Crippen molar-refractivity contribution in [2.75, 3.05) is 7.11 Å². The molecule has 0 spiro atoms. The number of carbonyl (C=O) groups excluding carboxylic acids is 2. The molecule has 0 aliphatic carbocycles. The van der Waals surface area contributed by atoms with Gasteiger partial charge in [0, 0.05) is 28.8 Å². The molecule has 0 fully saturated rings. The van der Waals surface area contributed by atoms with E-state index in [-0.39, 0.29) is 18.1 Å². The summed E-state index contributed by atoms with van der Waals surface area (Å²) in [6.07, 6.45) is 1.45. The first-order valence-corrected chi connectivity index (χ1v) is 7.22. The van der Waals surface area contributed by atoms with Crippen LogP contribution in [-0.2, 0) is 0 Å². The summed E-state index contributed by atoms with van der Waals surface area (Å²) < 4.78 is 5.03. The third-order valence-electron chi connectivity index (χ3n) is 3.05. The minimum absolute atomic E-state index is 0.0905. The molecule has 2 rings (SSSR count). The normalized spacial score (nSPS) is 10.5. The Morgan fingerprint density at radius 1 is 1.09 bits per heavy atom. The van der Waals surface area contributed by atoms with Gasteiger partial charge in [-0.15, -0.1) is 0 Å². The Labute approximate surface area is 138 Å². The fourth-order valence-electron chi connectivity index (χ4n) is 1.79. The van der Waals surface area contributed by atoms with E-state index < -0.39 is 0 Å². The summed E-state index contributed by atoms with van der Waals surface area (Å²) in [5, 5.41) is 4.32. The molecule has 0 aromatic heterocycles. The monoisotopic (exact) mass is 330 g/mol. The lowest BCUT2D eigenvalue weighted by molar-refractivity contribution is 0.0951. The Morgan fingerprint density at radius 2 is 1.70 bits per heavy atom. The van der Waals surface area contributed by atoms with Crippen molar-refractivity contribution in [3.8, 4) is 5.75 Å². The number of rotatable bonds is 6. The van der Waals surface area contributed by atoms with Crippen molar-refractivity contribution in [3.63, 3.8) is 0 Å². The molecular formula is C17H15ClN2O3. The van der Waals surface area contributed by atoms with Crippen LogP contribution in [0.4, 0.5) is 0 Å². The van der Waals surface area contributed by atoms with E-state index in [1.807, 2.05) is 0 Å². The molecule has 2 aromatic rings. The number of halogens is 1. The van der Waals surface area contributed by atoms with Gasteiger partial charge >= 0.3 is 0 Å². The Bertz CT molecular complexity index is 710. The highest BCUT2D eigenvalue weighted by Gasteiger charge is 2.05. The second-order valence-electron chi connectivity index (χ2n) is 4.62. The number of nitrogens with zero attached hydrogens (tertiary/aromatic N) is 1. The van der Waals surface area contributed by atoms with Crippen LogP contribution in [0.1, 0.15) is 27.1 Å². The predicted octanol–water partition coefficient (Wildman–Crippen LogP) is 3.34. The number of hydrazone groups is 1. The number of carbonyl (C=O) groups is 2. The number of ether oxygens (including phenoxy) is 1. The third kappa shape index (κ3) is 4.93. The van der Waals surface area contributed by atoms with E-state index in [9.17, 15) is 9.59 Å². The van der Waals surface area contributed by atoms with E-state index in [1.54, 1.807) is 55.6 Å². The van der Waals surface area contributed by atoms with Crippen LogP contribution in [0.3, 0.4) is 0 Å². The quantitative estimate of drug-likeness (QED) is 0.502. The molecule has 0 saturated carbocycles. The fraction of sp³-hybridized carbons (Fsp3) is 0.118. The van der Waals surface area contributed by atoms with E-state index >= 15 is 0 Å². The maximum Gasteiger partial charge on any atom is 0.271 e. The van der Waals surface area contributed by atoms with Gasteiger partial charge < -0.3 is 4.74 Å². The molecule has 0 radical (unpaired) electrons. The Morgan fingerprint density at radius 3 is 2.30 bits per heavy atom. The minimum Gasteiger partial charge on any atom is -0.497 e. The van der Waals surface area contributed by atoms with Gasteiger partial charge in [-0.3, -0.25) is 9.59 Å². The first-order chi connectivity index (χ1) is 11.1. The van der Waals surface area contributed by atoms with Gasteiger partial charge in [0.25, 0.3) is 5.91 Å². The van der Waals surface area contributed by atoms with Gasteiger partial charge in [-0.05, 0) is 48.5 Å². The number of Topliss-reactive ketones (excluding diaryl/α,β-unsaturated/α-hetero) is 1. The number of benzene rings is 2. The molecule has 23 heavy (non-hydrogen) atoms. The van der Waals surface area contributed by atoms with Crippen LogP contribution in [0, 0.1) is 0 Å². The molecule has 6 heteroatoms. The van der Waals surface area contributed by atoms with Gasteiger partial charge in [0.15, 0.2) is 5.78 Å². The summed E-state index contributed by atoms with van der Waals surface area (Å²) in [4.78, 5) is 23.7. The van der Waals surface area contributed by atoms with Crippen LogP contribution in [0.25, 0.3) is 0 Å². The highest BCUT2D eigenvalue weighted by molar-refractivity contribution is 6.30. The first kappa shape index (κ1) is 16.7. The van der Waals surface area contributed by atoms with Crippen molar-refractivity contribution in [2.24, 2.45) is 5.10 Å². The summed E-state index contributed by atoms with van der Waals surface area (Å²) in [5.41, 5.74) is 3.35. The van der Waals surface area contributed by atoms with Crippen LogP contribution in [0.2, 0.25) is 5.02 Å². The molecule has 1 amide bonds. The number of amides is 1. The fourth-order valence-corrected chi connectivity index (χ4v) is 1.92. The van der Waals surface area contributed by atoms with E-state index in [0.29, 0.717) is 21.9 Å². The Kier molecular flexibility index (Phi) is 5.88. The summed E-state index contributed by atoms with van der Waals surface area (Å²) in [7, 11) is 1.56. The third-order valence-corrected chi connectivity index (χ3v) is 3.30. The van der Waals surface area contributed by atoms with Crippen molar-refractivity contribution >= 4 is 29.5 Å². The Hall–Kier alpha value is -2.66. The summed E-state index contributed by atoms with van der Waals surface area (Å²) in [6.45, 7) is 0. The highest BCUT2D eigenvalue weighted by atomic mass is 35.5. The molecule has 5 nitrogen and oxygen atoms in total. The summed E-state index contributed by atoms with van der Waals surface area (Å²) >= 11 is 5.75. The average molecular weight is 331 g/mol. The molecule has 0 saturated heterocycles. The van der Waals surface area contributed by atoms with E-state index in [4.69, 9.17) is 16.3 Å². The number of ketones is 1. The van der Waals surface area contributed by atoms with Gasteiger partial charge in [0.2, 0.25) is 0 Å². The Balaban J connectivity index is 1.84.